The molecule has 0 aliphatic heterocycles. The highest BCUT2D eigenvalue weighted by Crippen LogP contribution is 2.18. The number of hydrogen-bond donors (Lipinski definition) is 1. The van der Waals surface area contributed by atoms with Gasteiger partial charge in [0.25, 0.3) is 0 Å². The number of benzene rings is 1. The van der Waals surface area contributed by atoms with Gasteiger partial charge in [0.1, 0.15) is 11.3 Å². The summed E-state index contributed by atoms with van der Waals surface area (Å²) in [6, 6.07) is 7.77. The standard InChI is InChI=1S/C16H21NO3/c1-5-12-17-16(2,15(18)20-4)11-10-13-6-8-14(19-3)9-7-13/h1,6-9,17H,10-12H2,2-4H3. The number of carbonyl (C=O) groups is 1. The van der Waals surface area contributed by atoms with E-state index in [2.05, 4.69) is 11.2 Å². The van der Waals surface area contributed by atoms with Gasteiger partial charge in [-0.15, -0.1) is 6.42 Å². The average molecular weight is 275 g/mol. The molecule has 20 heavy (non-hydrogen) atoms. The second-order valence-electron chi connectivity index (χ2n) is 4.73. The lowest BCUT2D eigenvalue weighted by Gasteiger charge is -2.27. The van der Waals surface area contributed by atoms with E-state index in [0.29, 0.717) is 13.0 Å². The zero-order valence-electron chi connectivity index (χ0n) is 12.2. The number of terminal acetylenes is 1. The predicted octanol–water partition coefficient (Wildman–Crippen LogP) is 1.78. The maximum Gasteiger partial charge on any atom is 0.325 e. The van der Waals surface area contributed by atoms with Gasteiger partial charge in [0, 0.05) is 0 Å². The topological polar surface area (TPSA) is 47.6 Å². The third-order valence-corrected chi connectivity index (χ3v) is 3.29. The van der Waals surface area contributed by atoms with Gasteiger partial charge in [-0.05, 0) is 37.5 Å². The van der Waals surface area contributed by atoms with Crippen LogP contribution in [0.25, 0.3) is 0 Å². The molecule has 108 valence electrons. The van der Waals surface area contributed by atoms with Crippen LogP contribution in [0.2, 0.25) is 0 Å². The molecule has 0 saturated carbocycles. The number of hydrogen-bond acceptors (Lipinski definition) is 4. The van der Waals surface area contributed by atoms with Crippen molar-refractivity contribution < 1.29 is 14.3 Å². The Kier molecular flexibility index (Phi) is 6.08. The Morgan fingerprint density at radius 3 is 2.50 bits per heavy atom. The van der Waals surface area contributed by atoms with Crippen molar-refractivity contribution in [1.29, 1.82) is 0 Å². The number of nitrogens with one attached hydrogen (secondary N) is 1. The number of rotatable bonds is 7. The second-order valence-corrected chi connectivity index (χ2v) is 4.73. The van der Waals surface area contributed by atoms with E-state index in [1.165, 1.54) is 7.11 Å². The van der Waals surface area contributed by atoms with E-state index in [-0.39, 0.29) is 5.97 Å². The lowest BCUT2D eigenvalue weighted by atomic mass is 9.93. The summed E-state index contributed by atoms with van der Waals surface area (Å²) < 4.78 is 9.96. The summed E-state index contributed by atoms with van der Waals surface area (Å²) in [5, 5.41) is 3.05. The molecule has 1 rings (SSSR count). The molecule has 1 aromatic rings. The molecule has 0 radical (unpaired) electrons. The zero-order valence-corrected chi connectivity index (χ0v) is 12.2. The molecule has 0 aliphatic carbocycles. The van der Waals surface area contributed by atoms with Gasteiger partial charge in [0.2, 0.25) is 0 Å². The minimum absolute atomic E-state index is 0.304. The molecule has 0 bridgehead atoms. The average Bonchev–Trinajstić information content (AvgIpc) is 2.50. The highest BCUT2D eigenvalue weighted by molar-refractivity contribution is 5.80. The largest absolute Gasteiger partial charge is 0.497 e. The van der Waals surface area contributed by atoms with Gasteiger partial charge < -0.3 is 9.47 Å². The van der Waals surface area contributed by atoms with E-state index in [9.17, 15) is 4.79 Å². The molecular weight excluding hydrogens is 254 g/mol. The van der Waals surface area contributed by atoms with Crippen molar-refractivity contribution in [3.8, 4) is 18.1 Å². The number of methoxy groups -OCH3 is 2. The van der Waals surface area contributed by atoms with Gasteiger partial charge in [-0.2, -0.15) is 0 Å². The number of aryl methyl sites for hydroxylation is 1. The molecule has 0 fully saturated rings. The molecular formula is C16H21NO3. The number of carbonyl (C=O) groups excluding carboxylic acids is 1. The molecule has 1 N–H and O–H groups in total. The predicted molar refractivity (Wildman–Crippen MR) is 78.6 cm³/mol. The van der Waals surface area contributed by atoms with Crippen molar-refractivity contribution in [1.82, 2.24) is 5.32 Å². The van der Waals surface area contributed by atoms with Crippen LogP contribution in [0.15, 0.2) is 24.3 Å². The van der Waals surface area contributed by atoms with Gasteiger partial charge in [0.05, 0.1) is 20.8 Å². The van der Waals surface area contributed by atoms with Crippen LogP contribution in [0.1, 0.15) is 18.9 Å². The van der Waals surface area contributed by atoms with E-state index in [1.807, 2.05) is 24.3 Å². The van der Waals surface area contributed by atoms with Crippen LogP contribution >= 0.6 is 0 Å². The summed E-state index contributed by atoms with van der Waals surface area (Å²) in [4.78, 5) is 11.9. The van der Waals surface area contributed by atoms with E-state index in [4.69, 9.17) is 15.9 Å². The maximum absolute atomic E-state index is 11.9. The van der Waals surface area contributed by atoms with Crippen molar-refractivity contribution in [3.05, 3.63) is 29.8 Å². The lowest BCUT2D eigenvalue weighted by Crippen LogP contribution is -2.50. The third-order valence-electron chi connectivity index (χ3n) is 3.29. The molecule has 0 amide bonds. The van der Waals surface area contributed by atoms with Crippen LogP contribution in [0.3, 0.4) is 0 Å². The minimum atomic E-state index is -0.777. The van der Waals surface area contributed by atoms with E-state index in [0.717, 1.165) is 17.7 Å². The highest BCUT2D eigenvalue weighted by atomic mass is 16.5. The summed E-state index contributed by atoms with van der Waals surface area (Å²) >= 11 is 0. The van der Waals surface area contributed by atoms with Crippen LogP contribution < -0.4 is 10.1 Å². The molecule has 1 atom stereocenters. The van der Waals surface area contributed by atoms with E-state index >= 15 is 0 Å². The van der Waals surface area contributed by atoms with Gasteiger partial charge >= 0.3 is 5.97 Å². The highest BCUT2D eigenvalue weighted by Gasteiger charge is 2.33. The second kappa shape index (κ2) is 7.56. The van der Waals surface area contributed by atoms with Crippen LogP contribution in [-0.2, 0) is 16.0 Å². The molecule has 1 aromatic carbocycles. The minimum Gasteiger partial charge on any atom is -0.497 e. The van der Waals surface area contributed by atoms with Crippen LogP contribution in [-0.4, -0.2) is 32.3 Å². The first kappa shape index (κ1) is 16.1. The quantitative estimate of drug-likeness (QED) is 0.609. The van der Waals surface area contributed by atoms with Crippen molar-refractivity contribution in [2.75, 3.05) is 20.8 Å². The Bertz CT molecular complexity index is 475. The van der Waals surface area contributed by atoms with Gasteiger partial charge in [0.15, 0.2) is 0 Å². The zero-order chi connectivity index (χ0) is 15.0. The first-order valence-corrected chi connectivity index (χ1v) is 6.45. The first-order chi connectivity index (χ1) is 9.55. The molecule has 0 aromatic heterocycles. The molecule has 4 heteroatoms. The maximum atomic E-state index is 11.9. The van der Waals surface area contributed by atoms with Crippen LogP contribution in [0.4, 0.5) is 0 Å². The Morgan fingerprint density at radius 2 is 2.00 bits per heavy atom. The summed E-state index contributed by atoms with van der Waals surface area (Å²) in [5.41, 5.74) is 0.351. The third kappa shape index (κ3) is 4.29. The summed E-state index contributed by atoms with van der Waals surface area (Å²) in [6.07, 6.45) is 6.59. The van der Waals surface area contributed by atoms with E-state index in [1.54, 1.807) is 14.0 Å². The molecule has 1 unspecified atom stereocenters. The Morgan fingerprint density at radius 1 is 1.35 bits per heavy atom. The fraction of sp³-hybridized carbons (Fsp3) is 0.438. The van der Waals surface area contributed by atoms with Gasteiger partial charge in [-0.25, -0.2) is 0 Å². The van der Waals surface area contributed by atoms with Gasteiger partial charge in [-0.3, -0.25) is 10.1 Å². The molecule has 0 heterocycles. The summed E-state index contributed by atoms with van der Waals surface area (Å²) in [5.74, 6) is 2.99. The van der Waals surface area contributed by atoms with Crippen molar-refractivity contribution >= 4 is 5.97 Å². The summed E-state index contributed by atoms with van der Waals surface area (Å²) in [7, 11) is 3.01. The fourth-order valence-corrected chi connectivity index (χ4v) is 1.92. The monoisotopic (exact) mass is 275 g/mol. The Hall–Kier alpha value is -1.99. The number of esters is 1. The normalized spacial score (nSPS) is 13.1. The van der Waals surface area contributed by atoms with Crippen LogP contribution in [0, 0.1) is 12.3 Å². The molecule has 4 nitrogen and oxygen atoms in total. The SMILES string of the molecule is C#CCNC(C)(CCc1ccc(OC)cc1)C(=O)OC. The van der Waals surface area contributed by atoms with Crippen molar-refractivity contribution in [3.63, 3.8) is 0 Å². The molecule has 0 saturated heterocycles. The first-order valence-electron chi connectivity index (χ1n) is 6.45. The number of ether oxygens (including phenoxy) is 2. The Labute approximate surface area is 120 Å². The van der Waals surface area contributed by atoms with E-state index < -0.39 is 5.54 Å². The fourth-order valence-electron chi connectivity index (χ4n) is 1.92. The van der Waals surface area contributed by atoms with Gasteiger partial charge in [-0.1, -0.05) is 18.1 Å². The molecule has 0 spiro atoms. The van der Waals surface area contributed by atoms with Crippen molar-refractivity contribution in [2.24, 2.45) is 0 Å². The molecule has 0 aliphatic rings. The van der Waals surface area contributed by atoms with Crippen molar-refractivity contribution in [2.45, 2.75) is 25.3 Å². The lowest BCUT2D eigenvalue weighted by molar-refractivity contribution is -0.148. The Balaban J connectivity index is 2.70. The van der Waals surface area contributed by atoms with Crippen LogP contribution in [0.5, 0.6) is 5.75 Å². The smallest absolute Gasteiger partial charge is 0.325 e. The summed E-state index contributed by atoms with van der Waals surface area (Å²) in [6.45, 7) is 2.13.